The summed E-state index contributed by atoms with van der Waals surface area (Å²) in [6, 6.07) is 11.3. The van der Waals surface area contributed by atoms with Crippen LogP contribution < -0.4 is 10.1 Å². The number of hydrogen-bond acceptors (Lipinski definition) is 6. The van der Waals surface area contributed by atoms with Crippen LogP contribution in [0.5, 0.6) is 5.75 Å². The molecule has 0 bridgehead atoms. The van der Waals surface area contributed by atoms with Gasteiger partial charge in [-0.15, -0.1) is 10.2 Å². The average Bonchev–Trinajstić information content (AvgIpc) is 3.16. The standard InChI is InChI=1S/C19H19FN4O4S/c1-19(2,29(26,27)15-10-6-13(20)7-11-15)17(25)22-18-21-16(23-24-18)12-4-8-14(28-3)9-5-12/h4-11H,1-3H3,(H2,21,22,23,24,25). The van der Waals surface area contributed by atoms with Crippen LogP contribution in [0.3, 0.4) is 0 Å². The SMILES string of the molecule is COc1ccc(-c2nnc(NC(=O)C(C)(C)S(=O)(=O)c3ccc(F)cc3)[nH]2)cc1. The molecule has 8 nitrogen and oxygen atoms in total. The number of nitrogens with zero attached hydrogens (tertiary/aromatic N) is 2. The Morgan fingerprint density at radius 1 is 1.07 bits per heavy atom. The highest BCUT2D eigenvalue weighted by Crippen LogP contribution is 2.27. The molecule has 2 N–H and O–H groups in total. The molecule has 3 aromatic rings. The van der Waals surface area contributed by atoms with Gasteiger partial charge in [0.25, 0.3) is 0 Å². The number of hydrogen-bond donors (Lipinski definition) is 2. The van der Waals surface area contributed by atoms with E-state index >= 15 is 0 Å². The summed E-state index contributed by atoms with van der Waals surface area (Å²) in [6.07, 6.45) is 0. The predicted octanol–water partition coefficient (Wildman–Crippen LogP) is 2.81. The van der Waals surface area contributed by atoms with Gasteiger partial charge in [0.05, 0.1) is 12.0 Å². The molecule has 0 saturated heterocycles. The van der Waals surface area contributed by atoms with E-state index in [2.05, 4.69) is 20.5 Å². The highest BCUT2D eigenvalue weighted by atomic mass is 32.2. The quantitative estimate of drug-likeness (QED) is 0.595. The maximum Gasteiger partial charge on any atom is 0.247 e. The van der Waals surface area contributed by atoms with Crippen molar-refractivity contribution in [3.63, 3.8) is 0 Å². The molecule has 0 aliphatic heterocycles. The molecule has 3 rings (SSSR count). The van der Waals surface area contributed by atoms with Gasteiger partial charge in [-0.25, -0.2) is 12.8 Å². The van der Waals surface area contributed by atoms with Crippen LogP contribution in [0.15, 0.2) is 53.4 Å². The van der Waals surface area contributed by atoms with Crippen LogP contribution in [0.25, 0.3) is 11.4 Å². The number of ether oxygens (including phenoxy) is 1. The van der Waals surface area contributed by atoms with E-state index in [0.717, 1.165) is 24.3 Å². The molecule has 0 unspecified atom stereocenters. The molecule has 1 amide bonds. The number of sulfone groups is 1. The summed E-state index contributed by atoms with van der Waals surface area (Å²) in [4.78, 5) is 15.4. The van der Waals surface area contributed by atoms with Gasteiger partial charge in [0, 0.05) is 5.56 Å². The van der Waals surface area contributed by atoms with Gasteiger partial charge in [-0.1, -0.05) is 0 Å². The van der Waals surface area contributed by atoms with Gasteiger partial charge in [0.2, 0.25) is 11.9 Å². The summed E-state index contributed by atoms with van der Waals surface area (Å²) < 4.78 is 42.0. The second-order valence-electron chi connectivity index (χ2n) is 6.67. The maximum absolute atomic E-state index is 13.1. The molecule has 0 saturated carbocycles. The summed E-state index contributed by atoms with van der Waals surface area (Å²) >= 11 is 0. The summed E-state index contributed by atoms with van der Waals surface area (Å²) in [5.41, 5.74) is 0.706. The van der Waals surface area contributed by atoms with Crippen molar-refractivity contribution in [2.24, 2.45) is 0 Å². The zero-order chi connectivity index (χ0) is 21.2. The predicted molar refractivity (Wildman–Crippen MR) is 105 cm³/mol. The lowest BCUT2D eigenvalue weighted by Gasteiger charge is -2.23. The molecule has 0 radical (unpaired) electrons. The molecule has 29 heavy (non-hydrogen) atoms. The molecule has 1 heterocycles. The van der Waals surface area contributed by atoms with Crippen molar-refractivity contribution in [3.8, 4) is 17.1 Å². The third-order valence-corrected chi connectivity index (χ3v) is 6.85. The van der Waals surface area contributed by atoms with E-state index < -0.39 is 26.3 Å². The average molecular weight is 418 g/mol. The van der Waals surface area contributed by atoms with Crippen LogP contribution in [-0.4, -0.2) is 41.4 Å². The van der Waals surface area contributed by atoms with Crippen LogP contribution in [0.4, 0.5) is 10.3 Å². The number of halogens is 1. The van der Waals surface area contributed by atoms with E-state index in [1.165, 1.54) is 13.8 Å². The van der Waals surface area contributed by atoms with E-state index in [1.54, 1.807) is 31.4 Å². The van der Waals surface area contributed by atoms with Gasteiger partial charge in [-0.05, 0) is 62.4 Å². The van der Waals surface area contributed by atoms with Crippen molar-refractivity contribution in [3.05, 3.63) is 54.3 Å². The molecular formula is C19H19FN4O4S. The van der Waals surface area contributed by atoms with E-state index in [1.807, 2.05) is 0 Å². The summed E-state index contributed by atoms with van der Waals surface area (Å²) in [6.45, 7) is 2.53. The number of aromatic nitrogens is 3. The van der Waals surface area contributed by atoms with E-state index in [-0.39, 0.29) is 10.8 Å². The number of carbonyl (C=O) groups is 1. The van der Waals surface area contributed by atoms with Crippen LogP contribution in [0.2, 0.25) is 0 Å². The first-order chi connectivity index (χ1) is 13.6. The number of nitrogens with one attached hydrogen (secondary N) is 2. The van der Waals surface area contributed by atoms with Gasteiger partial charge in [0.15, 0.2) is 15.7 Å². The first-order valence-corrected chi connectivity index (χ1v) is 10.0. The molecule has 0 atom stereocenters. The number of methoxy groups -OCH3 is 1. The molecule has 1 aromatic heterocycles. The van der Waals surface area contributed by atoms with E-state index in [4.69, 9.17) is 4.74 Å². The van der Waals surface area contributed by atoms with Crippen LogP contribution in [-0.2, 0) is 14.6 Å². The Balaban J connectivity index is 1.80. The van der Waals surface area contributed by atoms with Crippen LogP contribution in [0.1, 0.15) is 13.8 Å². The van der Waals surface area contributed by atoms with Crippen molar-refractivity contribution in [2.45, 2.75) is 23.5 Å². The number of H-pyrrole nitrogens is 1. The van der Waals surface area contributed by atoms with Gasteiger partial charge < -0.3 is 9.72 Å². The first-order valence-electron chi connectivity index (χ1n) is 8.54. The Hall–Kier alpha value is -3.27. The normalized spacial score (nSPS) is 11.9. The van der Waals surface area contributed by atoms with Gasteiger partial charge in [-0.2, -0.15) is 0 Å². The zero-order valence-electron chi connectivity index (χ0n) is 15.9. The van der Waals surface area contributed by atoms with Crippen molar-refractivity contribution in [1.29, 1.82) is 0 Å². The minimum Gasteiger partial charge on any atom is -0.497 e. The second-order valence-corrected chi connectivity index (χ2v) is 9.17. The van der Waals surface area contributed by atoms with Crippen molar-refractivity contribution in [1.82, 2.24) is 15.2 Å². The second kappa shape index (κ2) is 7.63. The highest BCUT2D eigenvalue weighted by molar-refractivity contribution is 7.93. The number of carbonyl (C=O) groups excluding carboxylic acids is 1. The monoisotopic (exact) mass is 418 g/mol. The number of rotatable bonds is 6. The Morgan fingerprint density at radius 3 is 2.28 bits per heavy atom. The summed E-state index contributed by atoms with van der Waals surface area (Å²) in [5.74, 6) is -0.307. The maximum atomic E-state index is 13.1. The van der Waals surface area contributed by atoms with Crippen molar-refractivity contribution < 1.29 is 22.3 Å². The van der Waals surface area contributed by atoms with Crippen molar-refractivity contribution >= 4 is 21.7 Å². The molecule has 10 heteroatoms. The lowest BCUT2D eigenvalue weighted by Crippen LogP contribution is -2.44. The lowest BCUT2D eigenvalue weighted by atomic mass is 10.2. The van der Waals surface area contributed by atoms with Gasteiger partial charge in [0.1, 0.15) is 16.3 Å². The smallest absolute Gasteiger partial charge is 0.247 e. The number of aromatic amines is 1. The fourth-order valence-electron chi connectivity index (χ4n) is 2.49. The zero-order valence-corrected chi connectivity index (χ0v) is 16.7. The summed E-state index contributed by atoms with van der Waals surface area (Å²) in [7, 11) is -2.53. The van der Waals surface area contributed by atoms with E-state index in [9.17, 15) is 17.6 Å². The Labute approximate surface area is 167 Å². The molecule has 152 valence electrons. The molecular weight excluding hydrogens is 399 g/mol. The minimum absolute atomic E-state index is 0.00296. The summed E-state index contributed by atoms with van der Waals surface area (Å²) in [5, 5.41) is 10.2. The fourth-order valence-corrected chi connectivity index (χ4v) is 3.86. The third kappa shape index (κ3) is 3.97. The number of anilines is 1. The Bertz CT molecular complexity index is 1120. The first kappa shape index (κ1) is 20.5. The third-order valence-electron chi connectivity index (χ3n) is 4.42. The van der Waals surface area contributed by atoms with Crippen LogP contribution in [0, 0.1) is 5.82 Å². The molecule has 0 aliphatic carbocycles. The molecule has 0 aliphatic rings. The van der Waals surface area contributed by atoms with Crippen molar-refractivity contribution in [2.75, 3.05) is 12.4 Å². The van der Waals surface area contributed by atoms with Gasteiger partial charge >= 0.3 is 0 Å². The molecule has 0 spiro atoms. The fraction of sp³-hybridized carbons (Fsp3) is 0.211. The topological polar surface area (TPSA) is 114 Å². The highest BCUT2D eigenvalue weighted by Gasteiger charge is 2.43. The number of benzene rings is 2. The minimum atomic E-state index is -4.08. The molecule has 0 fully saturated rings. The van der Waals surface area contributed by atoms with E-state index in [0.29, 0.717) is 17.1 Å². The molecule has 2 aromatic carbocycles. The van der Waals surface area contributed by atoms with Gasteiger partial charge in [-0.3, -0.25) is 10.1 Å². The van der Waals surface area contributed by atoms with Crippen LogP contribution >= 0.6 is 0 Å². The Kier molecular flexibility index (Phi) is 5.38. The largest absolute Gasteiger partial charge is 0.497 e. The number of amides is 1. The lowest BCUT2D eigenvalue weighted by molar-refractivity contribution is -0.117. The Morgan fingerprint density at radius 2 is 1.69 bits per heavy atom.